The lowest BCUT2D eigenvalue weighted by atomic mass is 10.1. The lowest BCUT2D eigenvalue weighted by Gasteiger charge is -2.14. The number of nitrogens with one attached hydrogen (secondary N) is 2. The van der Waals surface area contributed by atoms with Gasteiger partial charge in [-0.3, -0.25) is 0 Å². The molecule has 21 heavy (non-hydrogen) atoms. The van der Waals surface area contributed by atoms with Crippen LogP contribution in [0.4, 0.5) is 0 Å². The molecule has 0 spiro atoms. The number of thiophene rings is 1. The van der Waals surface area contributed by atoms with E-state index in [1.54, 1.807) is 18.2 Å². The first-order valence-electron chi connectivity index (χ1n) is 6.88. The molecule has 1 unspecified atom stereocenters. The molecule has 1 atom stereocenters. The molecule has 2 N–H and O–H groups in total. The molecule has 0 aliphatic carbocycles. The zero-order valence-electron chi connectivity index (χ0n) is 12.2. The quantitative estimate of drug-likeness (QED) is 0.823. The molecule has 0 aliphatic rings. The number of sulfonamides is 1. The summed E-state index contributed by atoms with van der Waals surface area (Å²) in [6, 6.07) is 11.0. The number of benzene rings is 1. The normalized spacial score (nSPS) is 13.2. The Morgan fingerprint density at radius 1 is 1.24 bits per heavy atom. The summed E-state index contributed by atoms with van der Waals surface area (Å²) in [6.07, 6.45) is 0. The SMILES string of the molecule is CCNC(C)c1cccc(S(=O)(=O)NCc2cccs2)c1. The Labute approximate surface area is 130 Å². The summed E-state index contributed by atoms with van der Waals surface area (Å²) in [7, 11) is -3.48. The van der Waals surface area contributed by atoms with Crippen molar-refractivity contribution in [3.8, 4) is 0 Å². The van der Waals surface area contributed by atoms with Crippen LogP contribution in [0.5, 0.6) is 0 Å². The second-order valence-corrected chi connectivity index (χ2v) is 7.55. The van der Waals surface area contributed by atoms with E-state index in [1.165, 1.54) is 11.3 Å². The lowest BCUT2D eigenvalue weighted by Crippen LogP contribution is -2.23. The molecule has 0 saturated heterocycles. The summed E-state index contributed by atoms with van der Waals surface area (Å²) in [5.74, 6) is 0. The van der Waals surface area contributed by atoms with Crippen LogP contribution in [0, 0.1) is 0 Å². The fourth-order valence-corrected chi connectivity index (χ4v) is 3.83. The minimum absolute atomic E-state index is 0.127. The zero-order valence-corrected chi connectivity index (χ0v) is 13.8. The van der Waals surface area contributed by atoms with Gasteiger partial charge in [0.2, 0.25) is 10.0 Å². The Kier molecular flexibility index (Phi) is 5.52. The molecule has 0 saturated carbocycles. The van der Waals surface area contributed by atoms with Gasteiger partial charge >= 0.3 is 0 Å². The molecule has 1 heterocycles. The molecule has 0 radical (unpaired) electrons. The molecule has 114 valence electrons. The number of hydrogen-bond acceptors (Lipinski definition) is 4. The largest absolute Gasteiger partial charge is 0.310 e. The van der Waals surface area contributed by atoms with Crippen molar-refractivity contribution in [3.05, 3.63) is 52.2 Å². The fraction of sp³-hybridized carbons (Fsp3) is 0.333. The van der Waals surface area contributed by atoms with Gasteiger partial charge in [0.05, 0.1) is 4.90 Å². The van der Waals surface area contributed by atoms with Crippen LogP contribution in [-0.4, -0.2) is 15.0 Å². The van der Waals surface area contributed by atoms with Gasteiger partial charge in [-0.1, -0.05) is 25.1 Å². The van der Waals surface area contributed by atoms with Gasteiger partial charge in [0, 0.05) is 17.5 Å². The number of rotatable bonds is 7. The summed E-state index contributed by atoms with van der Waals surface area (Å²) in [5.41, 5.74) is 0.968. The molecule has 6 heteroatoms. The predicted molar refractivity (Wildman–Crippen MR) is 86.9 cm³/mol. The molecule has 2 aromatic rings. The Balaban J connectivity index is 2.14. The lowest BCUT2D eigenvalue weighted by molar-refractivity contribution is 0.579. The van der Waals surface area contributed by atoms with E-state index in [-0.39, 0.29) is 6.04 Å². The van der Waals surface area contributed by atoms with Crippen molar-refractivity contribution in [1.82, 2.24) is 10.0 Å². The highest BCUT2D eigenvalue weighted by Gasteiger charge is 2.15. The summed E-state index contributed by atoms with van der Waals surface area (Å²) in [5, 5.41) is 5.21. The van der Waals surface area contributed by atoms with Gasteiger partial charge in [-0.05, 0) is 42.6 Å². The van der Waals surface area contributed by atoms with Crippen LogP contribution < -0.4 is 10.0 Å². The Morgan fingerprint density at radius 2 is 2.05 bits per heavy atom. The van der Waals surface area contributed by atoms with E-state index in [1.807, 2.05) is 37.4 Å². The van der Waals surface area contributed by atoms with E-state index >= 15 is 0 Å². The van der Waals surface area contributed by atoms with E-state index in [2.05, 4.69) is 10.0 Å². The van der Waals surface area contributed by atoms with Gasteiger partial charge in [-0.15, -0.1) is 11.3 Å². The van der Waals surface area contributed by atoms with E-state index in [0.29, 0.717) is 11.4 Å². The third-order valence-corrected chi connectivity index (χ3v) is 5.47. The summed E-state index contributed by atoms with van der Waals surface area (Å²) in [6.45, 7) is 5.22. The topological polar surface area (TPSA) is 58.2 Å². The fourth-order valence-electron chi connectivity index (χ4n) is 2.04. The van der Waals surface area contributed by atoms with Crippen molar-refractivity contribution in [1.29, 1.82) is 0 Å². The maximum Gasteiger partial charge on any atom is 0.240 e. The highest BCUT2D eigenvalue weighted by molar-refractivity contribution is 7.89. The van der Waals surface area contributed by atoms with E-state index in [0.717, 1.165) is 17.0 Å². The van der Waals surface area contributed by atoms with Crippen molar-refractivity contribution < 1.29 is 8.42 Å². The first-order valence-corrected chi connectivity index (χ1v) is 9.24. The molecular weight excluding hydrogens is 304 g/mol. The van der Waals surface area contributed by atoms with Gasteiger partial charge in [-0.25, -0.2) is 13.1 Å². The second-order valence-electron chi connectivity index (χ2n) is 4.76. The van der Waals surface area contributed by atoms with E-state index in [4.69, 9.17) is 0 Å². The third-order valence-electron chi connectivity index (χ3n) is 3.20. The Morgan fingerprint density at radius 3 is 2.71 bits per heavy atom. The van der Waals surface area contributed by atoms with Crippen molar-refractivity contribution in [2.75, 3.05) is 6.54 Å². The summed E-state index contributed by atoms with van der Waals surface area (Å²) >= 11 is 1.54. The van der Waals surface area contributed by atoms with Gasteiger partial charge in [0.25, 0.3) is 0 Å². The molecule has 0 amide bonds. The van der Waals surface area contributed by atoms with Crippen LogP contribution >= 0.6 is 11.3 Å². The second kappa shape index (κ2) is 7.17. The van der Waals surface area contributed by atoms with Gasteiger partial charge < -0.3 is 5.32 Å². The van der Waals surface area contributed by atoms with Crippen molar-refractivity contribution >= 4 is 21.4 Å². The average Bonchev–Trinajstić information content (AvgIpc) is 2.99. The highest BCUT2D eigenvalue weighted by atomic mass is 32.2. The molecule has 2 rings (SSSR count). The molecule has 0 bridgehead atoms. The monoisotopic (exact) mass is 324 g/mol. The predicted octanol–water partition coefficient (Wildman–Crippen LogP) is 2.90. The van der Waals surface area contributed by atoms with E-state index < -0.39 is 10.0 Å². The van der Waals surface area contributed by atoms with Crippen molar-refractivity contribution in [2.24, 2.45) is 0 Å². The van der Waals surface area contributed by atoms with Crippen molar-refractivity contribution in [3.63, 3.8) is 0 Å². The first kappa shape index (κ1) is 16.2. The molecule has 0 aliphatic heterocycles. The van der Waals surface area contributed by atoms with Crippen LogP contribution in [0.2, 0.25) is 0 Å². The van der Waals surface area contributed by atoms with Crippen LogP contribution in [0.1, 0.15) is 30.3 Å². The average molecular weight is 324 g/mol. The van der Waals surface area contributed by atoms with Crippen LogP contribution in [0.15, 0.2) is 46.7 Å². The Bertz CT molecular complexity index is 667. The van der Waals surface area contributed by atoms with Gasteiger partial charge in [0.15, 0.2) is 0 Å². The Hall–Kier alpha value is -1.21. The molecule has 0 fully saturated rings. The standard InChI is InChI=1S/C15H20N2O2S2/c1-3-16-12(2)13-6-4-8-15(10-13)21(18,19)17-11-14-7-5-9-20-14/h4-10,12,16-17H,3,11H2,1-2H3. The summed E-state index contributed by atoms with van der Waals surface area (Å²) in [4.78, 5) is 1.30. The van der Waals surface area contributed by atoms with Crippen LogP contribution in [0.25, 0.3) is 0 Å². The summed E-state index contributed by atoms with van der Waals surface area (Å²) < 4.78 is 27.3. The van der Waals surface area contributed by atoms with Gasteiger partial charge in [-0.2, -0.15) is 0 Å². The van der Waals surface area contributed by atoms with Crippen molar-refractivity contribution in [2.45, 2.75) is 31.3 Å². The third kappa shape index (κ3) is 4.38. The molecule has 1 aromatic carbocycles. The van der Waals surface area contributed by atoms with Crippen LogP contribution in [0.3, 0.4) is 0 Å². The minimum Gasteiger partial charge on any atom is -0.310 e. The molecule has 1 aromatic heterocycles. The maximum atomic E-state index is 12.3. The number of hydrogen-bond donors (Lipinski definition) is 2. The first-order chi connectivity index (χ1) is 10.0. The van der Waals surface area contributed by atoms with Crippen LogP contribution in [-0.2, 0) is 16.6 Å². The molecular formula is C15H20N2O2S2. The smallest absolute Gasteiger partial charge is 0.240 e. The zero-order chi connectivity index (χ0) is 15.3. The van der Waals surface area contributed by atoms with Gasteiger partial charge in [0.1, 0.15) is 0 Å². The maximum absolute atomic E-state index is 12.3. The minimum atomic E-state index is -3.48. The molecule has 4 nitrogen and oxygen atoms in total. The van der Waals surface area contributed by atoms with E-state index in [9.17, 15) is 8.42 Å². The highest BCUT2D eigenvalue weighted by Crippen LogP contribution is 2.18.